The first-order chi connectivity index (χ1) is 10.9. The minimum atomic E-state index is -3.44. The fourth-order valence-electron chi connectivity index (χ4n) is 2.42. The van der Waals surface area contributed by atoms with Gasteiger partial charge in [0, 0.05) is 4.88 Å². The van der Waals surface area contributed by atoms with E-state index in [0.717, 1.165) is 42.4 Å². The van der Waals surface area contributed by atoms with Crippen molar-refractivity contribution in [1.29, 1.82) is 0 Å². The molecule has 1 aromatic carbocycles. The van der Waals surface area contributed by atoms with Crippen molar-refractivity contribution in [3.63, 3.8) is 0 Å². The van der Waals surface area contributed by atoms with Crippen LogP contribution in [0.2, 0.25) is 0 Å². The van der Waals surface area contributed by atoms with E-state index in [1.807, 2.05) is 36.4 Å². The van der Waals surface area contributed by atoms with Crippen molar-refractivity contribution in [2.24, 2.45) is 0 Å². The first-order valence-electron chi connectivity index (χ1n) is 7.24. The number of hydrogen-bond donors (Lipinski definition) is 2. The molecular weight excluding hydrogens is 334 g/mol. The summed E-state index contributed by atoms with van der Waals surface area (Å²) in [7, 11) is -3.44. The van der Waals surface area contributed by atoms with Crippen LogP contribution < -0.4 is 4.72 Å². The Morgan fingerprint density at radius 2 is 1.61 bits per heavy atom. The zero-order valence-corrected chi connectivity index (χ0v) is 14.4. The highest BCUT2D eigenvalue weighted by atomic mass is 32.2. The van der Waals surface area contributed by atoms with Crippen molar-refractivity contribution in [3.8, 4) is 0 Å². The van der Waals surface area contributed by atoms with Gasteiger partial charge in [-0.2, -0.15) is 0 Å². The average Bonchev–Trinajstić information content (AvgIpc) is 2.85. The van der Waals surface area contributed by atoms with Crippen LogP contribution >= 0.6 is 11.3 Å². The monoisotopic (exact) mass is 353 g/mol. The van der Waals surface area contributed by atoms with E-state index in [1.165, 1.54) is 11.3 Å². The molecular formula is C16H19NO4S2. The standard InChI is InChI=1S/C10H13NO4S2.C6H6/c1-17(14,15)11-9-8(10(12)13)6-4-2-3-5-7(6)16-9;1-2-4-6-5-3-1/h11H,2-5H2,1H3,(H,12,13);1-6H. The zero-order chi connectivity index (χ0) is 16.9. The van der Waals surface area contributed by atoms with E-state index < -0.39 is 16.0 Å². The number of carboxylic acids is 1. The number of aryl methyl sites for hydroxylation is 1. The molecule has 0 spiro atoms. The van der Waals surface area contributed by atoms with Crippen LogP contribution in [-0.2, 0) is 22.9 Å². The summed E-state index contributed by atoms with van der Waals surface area (Å²) < 4.78 is 24.7. The van der Waals surface area contributed by atoms with E-state index in [0.29, 0.717) is 0 Å². The van der Waals surface area contributed by atoms with Gasteiger partial charge in [-0.15, -0.1) is 11.3 Å². The number of thiophene rings is 1. The molecule has 2 aromatic rings. The summed E-state index contributed by atoms with van der Waals surface area (Å²) in [6, 6.07) is 12.0. The Kier molecular flexibility index (Phi) is 5.79. The number of carbonyl (C=O) groups is 1. The molecule has 1 heterocycles. The third-order valence-corrected chi connectivity index (χ3v) is 5.24. The topological polar surface area (TPSA) is 83.5 Å². The highest BCUT2D eigenvalue weighted by molar-refractivity contribution is 7.92. The predicted molar refractivity (Wildman–Crippen MR) is 92.8 cm³/mol. The van der Waals surface area contributed by atoms with Gasteiger partial charge in [-0.1, -0.05) is 36.4 Å². The maximum atomic E-state index is 11.2. The summed E-state index contributed by atoms with van der Waals surface area (Å²) in [6.45, 7) is 0. The molecule has 0 atom stereocenters. The molecule has 1 aliphatic rings. The summed E-state index contributed by atoms with van der Waals surface area (Å²) >= 11 is 1.25. The zero-order valence-electron chi connectivity index (χ0n) is 12.8. The number of sulfonamides is 1. The van der Waals surface area contributed by atoms with Crippen LogP contribution in [0.5, 0.6) is 0 Å². The Hall–Kier alpha value is -1.86. The Bertz CT molecular complexity index is 740. The van der Waals surface area contributed by atoms with Crippen LogP contribution in [0.15, 0.2) is 36.4 Å². The van der Waals surface area contributed by atoms with Crippen LogP contribution in [0.4, 0.5) is 5.00 Å². The van der Waals surface area contributed by atoms with Gasteiger partial charge in [0.25, 0.3) is 0 Å². The van der Waals surface area contributed by atoms with Crippen molar-refractivity contribution < 1.29 is 18.3 Å². The molecule has 0 saturated heterocycles. The largest absolute Gasteiger partial charge is 0.478 e. The van der Waals surface area contributed by atoms with Crippen molar-refractivity contribution >= 4 is 32.3 Å². The molecule has 0 aliphatic heterocycles. The lowest BCUT2D eigenvalue weighted by atomic mass is 9.96. The lowest BCUT2D eigenvalue weighted by Gasteiger charge is -2.10. The van der Waals surface area contributed by atoms with E-state index in [4.69, 9.17) is 0 Å². The molecule has 0 unspecified atom stereocenters. The number of fused-ring (bicyclic) bond motifs is 1. The van der Waals surface area contributed by atoms with Crippen LogP contribution in [0.3, 0.4) is 0 Å². The van der Waals surface area contributed by atoms with Gasteiger partial charge >= 0.3 is 5.97 Å². The van der Waals surface area contributed by atoms with Gasteiger partial charge in [-0.05, 0) is 31.2 Å². The smallest absolute Gasteiger partial charge is 0.339 e. The lowest BCUT2D eigenvalue weighted by Crippen LogP contribution is -2.12. The maximum absolute atomic E-state index is 11.2. The Morgan fingerprint density at radius 1 is 1.09 bits per heavy atom. The summed E-state index contributed by atoms with van der Waals surface area (Å²) in [6.07, 6.45) is 4.58. The number of rotatable bonds is 3. The molecule has 0 amide bonds. The highest BCUT2D eigenvalue weighted by Crippen LogP contribution is 2.38. The van der Waals surface area contributed by atoms with Gasteiger partial charge in [0.05, 0.1) is 11.8 Å². The van der Waals surface area contributed by atoms with Gasteiger partial charge < -0.3 is 5.11 Å². The van der Waals surface area contributed by atoms with Crippen LogP contribution in [-0.4, -0.2) is 25.7 Å². The molecule has 3 rings (SSSR count). The SMILES string of the molecule is CS(=O)(=O)Nc1sc2c(c1C(=O)O)CCCC2.c1ccccc1. The first kappa shape index (κ1) is 17.5. The summed E-state index contributed by atoms with van der Waals surface area (Å²) in [5.41, 5.74) is 0.940. The Balaban J connectivity index is 0.000000268. The molecule has 7 heteroatoms. The molecule has 124 valence electrons. The number of carboxylic acid groups (broad SMARTS) is 1. The molecule has 0 saturated carbocycles. The second-order valence-corrected chi connectivity index (χ2v) is 8.10. The third kappa shape index (κ3) is 5.07. The number of anilines is 1. The second-order valence-electron chi connectivity index (χ2n) is 5.25. The van der Waals surface area contributed by atoms with E-state index in [1.54, 1.807) is 0 Å². The normalized spacial score (nSPS) is 13.4. The maximum Gasteiger partial charge on any atom is 0.339 e. The number of aromatic carboxylic acids is 1. The molecule has 1 aromatic heterocycles. The van der Waals surface area contributed by atoms with Gasteiger partial charge in [0.15, 0.2) is 0 Å². The minimum Gasteiger partial charge on any atom is -0.478 e. The Morgan fingerprint density at radius 3 is 2.09 bits per heavy atom. The number of benzene rings is 1. The minimum absolute atomic E-state index is 0.134. The van der Waals surface area contributed by atoms with Crippen molar-refractivity contribution in [1.82, 2.24) is 0 Å². The fraction of sp³-hybridized carbons (Fsp3) is 0.312. The quantitative estimate of drug-likeness (QED) is 0.886. The van der Waals surface area contributed by atoms with Crippen molar-refractivity contribution in [2.75, 3.05) is 11.0 Å². The second kappa shape index (κ2) is 7.61. The number of hydrogen-bond acceptors (Lipinski definition) is 4. The van der Waals surface area contributed by atoms with Crippen LogP contribution in [0.25, 0.3) is 0 Å². The summed E-state index contributed by atoms with van der Waals surface area (Å²) in [5, 5.41) is 9.42. The van der Waals surface area contributed by atoms with E-state index >= 15 is 0 Å². The highest BCUT2D eigenvalue weighted by Gasteiger charge is 2.26. The Labute approximate surface area is 140 Å². The van der Waals surface area contributed by atoms with Gasteiger partial charge in [0.1, 0.15) is 5.00 Å². The molecule has 0 fully saturated rings. The van der Waals surface area contributed by atoms with Gasteiger partial charge in [-0.25, -0.2) is 13.2 Å². The summed E-state index contributed by atoms with van der Waals surface area (Å²) in [4.78, 5) is 12.2. The van der Waals surface area contributed by atoms with Gasteiger partial charge in [0.2, 0.25) is 10.0 Å². The van der Waals surface area contributed by atoms with Crippen molar-refractivity contribution in [3.05, 3.63) is 52.4 Å². The average molecular weight is 353 g/mol. The molecule has 1 aliphatic carbocycles. The molecule has 23 heavy (non-hydrogen) atoms. The van der Waals surface area contributed by atoms with Crippen LogP contribution in [0, 0.1) is 0 Å². The molecule has 5 nitrogen and oxygen atoms in total. The molecule has 2 N–H and O–H groups in total. The first-order valence-corrected chi connectivity index (χ1v) is 9.95. The molecule has 0 bridgehead atoms. The van der Waals surface area contributed by atoms with Gasteiger partial charge in [-0.3, -0.25) is 4.72 Å². The van der Waals surface area contributed by atoms with E-state index in [2.05, 4.69) is 4.72 Å². The predicted octanol–water partition coefficient (Wildman–Crippen LogP) is 3.38. The number of nitrogens with one attached hydrogen (secondary N) is 1. The lowest BCUT2D eigenvalue weighted by molar-refractivity contribution is 0.0697. The van der Waals surface area contributed by atoms with E-state index in [9.17, 15) is 18.3 Å². The summed E-state index contributed by atoms with van der Waals surface area (Å²) in [5.74, 6) is -1.06. The third-order valence-electron chi connectivity index (χ3n) is 3.33. The fourth-order valence-corrected chi connectivity index (χ4v) is 4.61. The van der Waals surface area contributed by atoms with E-state index in [-0.39, 0.29) is 10.6 Å². The van der Waals surface area contributed by atoms with Crippen LogP contribution in [0.1, 0.15) is 33.6 Å². The molecule has 0 radical (unpaired) electrons. The van der Waals surface area contributed by atoms with Crippen molar-refractivity contribution in [2.45, 2.75) is 25.7 Å².